The summed E-state index contributed by atoms with van der Waals surface area (Å²) in [5.41, 5.74) is 1.21. The Kier molecular flexibility index (Phi) is 3.63. The van der Waals surface area contributed by atoms with Crippen molar-refractivity contribution < 1.29 is 9.90 Å². The number of rotatable bonds is 4. The molecular formula is C11H15NO2. The second kappa shape index (κ2) is 4.74. The molecule has 0 spiro atoms. The molecule has 0 fully saturated rings. The molecule has 0 saturated carbocycles. The molecule has 0 unspecified atom stereocenters. The number of carbonyl (C=O) groups is 1. The van der Waals surface area contributed by atoms with E-state index in [1.807, 2.05) is 6.07 Å². The Morgan fingerprint density at radius 3 is 2.64 bits per heavy atom. The zero-order valence-electron chi connectivity index (χ0n) is 8.53. The summed E-state index contributed by atoms with van der Waals surface area (Å²) in [6, 6.07) is 3.39. The SMILES string of the molecule is CC(C)CCc1ccc(C(=O)O)nc1. The van der Waals surface area contributed by atoms with Crippen LogP contribution in [0.5, 0.6) is 0 Å². The van der Waals surface area contributed by atoms with Gasteiger partial charge in [0.2, 0.25) is 0 Å². The van der Waals surface area contributed by atoms with Gasteiger partial charge in [0.25, 0.3) is 0 Å². The third-order valence-corrected chi connectivity index (χ3v) is 2.05. The number of pyridine rings is 1. The van der Waals surface area contributed by atoms with Crippen LogP contribution in [0.25, 0.3) is 0 Å². The Balaban J connectivity index is 2.60. The van der Waals surface area contributed by atoms with Gasteiger partial charge >= 0.3 is 5.97 Å². The Labute approximate surface area is 83.8 Å². The summed E-state index contributed by atoms with van der Waals surface area (Å²) in [4.78, 5) is 14.4. The van der Waals surface area contributed by atoms with Crippen LogP contribution in [-0.2, 0) is 6.42 Å². The maximum Gasteiger partial charge on any atom is 0.354 e. The highest BCUT2D eigenvalue weighted by Gasteiger charge is 2.03. The van der Waals surface area contributed by atoms with E-state index in [1.54, 1.807) is 12.3 Å². The first-order valence-electron chi connectivity index (χ1n) is 4.78. The lowest BCUT2D eigenvalue weighted by Gasteiger charge is -2.04. The second-order valence-electron chi connectivity index (χ2n) is 3.79. The average molecular weight is 193 g/mol. The molecule has 0 bridgehead atoms. The molecule has 0 radical (unpaired) electrons. The molecule has 0 aliphatic rings. The third-order valence-electron chi connectivity index (χ3n) is 2.05. The molecule has 14 heavy (non-hydrogen) atoms. The van der Waals surface area contributed by atoms with Gasteiger partial charge in [-0.25, -0.2) is 9.78 Å². The fraction of sp³-hybridized carbons (Fsp3) is 0.455. The third kappa shape index (κ3) is 3.17. The van der Waals surface area contributed by atoms with Crippen molar-refractivity contribution >= 4 is 5.97 Å². The molecule has 1 N–H and O–H groups in total. The molecule has 3 heteroatoms. The predicted octanol–water partition coefficient (Wildman–Crippen LogP) is 2.37. The van der Waals surface area contributed by atoms with Crippen molar-refractivity contribution in [2.75, 3.05) is 0 Å². The summed E-state index contributed by atoms with van der Waals surface area (Å²) in [6.07, 6.45) is 3.71. The van der Waals surface area contributed by atoms with Crippen LogP contribution < -0.4 is 0 Å². The van der Waals surface area contributed by atoms with Crippen LogP contribution in [0.3, 0.4) is 0 Å². The zero-order chi connectivity index (χ0) is 10.6. The number of carboxylic acid groups (broad SMARTS) is 1. The normalized spacial score (nSPS) is 10.5. The first-order chi connectivity index (χ1) is 6.59. The molecule has 3 nitrogen and oxygen atoms in total. The maximum atomic E-state index is 10.5. The Morgan fingerprint density at radius 2 is 2.21 bits per heavy atom. The number of nitrogens with zero attached hydrogens (tertiary/aromatic N) is 1. The van der Waals surface area contributed by atoms with E-state index in [0.29, 0.717) is 5.92 Å². The van der Waals surface area contributed by atoms with Gasteiger partial charge in [-0.1, -0.05) is 19.9 Å². The molecule has 1 heterocycles. The van der Waals surface area contributed by atoms with Gasteiger partial charge < -0.3 is 5.11 Å². The molecule has 0 amide bonds. The Morgan fingerprint density at radius 1 is 1.50 bits per heavy atom. The van der Waals surface area contributed by atoms with Crippen LogP contribution >= 0.6 is 0 Å². The average Bonchev–Trinajstić information content (AvgIpc) is 2.15. The molecule has 0 aliphatic carbocycles. The minimum absolute atomic E-state index is 0.110. The number of aromatic carboxylic acids is 1. The monoisotopic (exact) mass is 193 g/mol. The van der Waals surface area contributed by atoms with Gasteiger partial charge in [-0.2, -0.15) is 0 Å². The smallest absolute Gasteiger partial charge is 0.354 e. The first-order valence-corrected chi connectivity index (χ1v) is 4.78. The summed E-state index contributed by atoms with van der Waals surface area (Å²) in [6.45, 7) is 4.33. The van der Waals surface area contributed by atoms with E-state index in [0.717, 1.165) is 18.4 Å². The lowest BCUT2D eigenvalue weighted by atomic mass is 10.0. The van der Waals surface area contributed by atoms with E-state index in [2.05, 4.69) is 18.8 Å². The maximum absolute atomic E-state index is 10.5. The van der Waals surface area contributed by atoms with Crippen molar-refractivity contribution in [2.45, 2.75) is 26.7 Å². The van der Waals surface area contributed by atoms with Gasteiger partial charge in [0.05, 0.1) is 0 Å². The fourth-order valence-corrected chi connectivity index (χ4v) is 1.15. The fourth-order valence-electron chi connectivity index (χ4n) is 1.15. The molecule has 1 rings (SSSR count). The van der Waals surface area contributed by atoms with Gasteiger partial charge in [-0.3, -0.25) is 0 Å². The van der Waals surface area contributed by atoms with Crippen LogP contribution in [0.2, 0.25) is 0 Å². The van der Waals surface area contributed by atoms with Crippen LogP contribution in [0, 0.1) is 5.92 Å². The van der Waals surface area contributed by atoms with Crippen molar-refractivity contribution in [1.29, 1.82) is 0 Å². The number of hydrogen-bond acceptors (Lipinski definition) is 2. The van der Waals surface area contributed by atoms with Crippen LogP contribution in [0.1, 0.15) is 36.3 Å². The summed E-state index contributed by atoms with van der Waals surface area (Å²) < 4.78 is 0. The predicted molar refractivity (Wildman–Crippen MR) is 54.4 cm³/mol. The molecular weight excluding hydrogens is 178 g/mol. The number of carboxylic acids is 1. The minimum atomic E-state index is -0.972. The molecule has 76 valence electrons. The van der Waals surface area contributed by atoms with E-state index in [9.17, 15) is 4.79 Å². The molecule has 0 atom stereocenters. The summed E-state index contributed by atoms with van der Waals surface area (Å²) in [5.74, 6) is -0.311. The second-order valence-corrected chi connectivity index (χ2v) is 3.79. The molecule has 0 saturated heterocycles. The van der Waals surface area contributed by atoms with Crippen LogP contribution in [-0.4, -0.2) is 16.1 Å². The zero-order valence-corrected chi connectivity index (χ0v) is 8.53. The number of hydrogen-bond donors (Lipinski definition) is 1. The van der Waals surface area contributed by atoms with Gasteiger partial charge in [0.1, 0.15) is 5.69 Å². The van der Waals surface area contributed by atoms with Gasteiger partial charge in [-0.15, -0.1) is 0 Å². The van der Waals surface area contributed by atoms with E-state index in [4.69, 9.17) is 5.11 Å². The van der Waals surface area contributed by atoms with Crippen LogP contribution in [0.4, 0.5) is 0 Å². The molecule has 0 aromatic carbocycles. The van der Waals surface area contributed by atoms with E-state index in [-0.39, 0.29) is 5.69 Å². The summed E-state index contributed by atoms with van der Waals surface area (Å²) in [5, 5.41) is 8.63. The van der Waals surface area contributed by atoms with Crippen molar-refractivity contribution in [3.63, 3.8) is 0 Å². The van der Waals surface area contributed by atoms with Crippen LogP contribution in [0.15, 0.2) is 18.3 Å². The Hall–Kier alpha value is -1.38. The van der Waals surface area contributed by atoms with E-state index >= 15 is 0 Å². The molecule has 1 aromatic heterocycles. The first kappa shape index (κ1) is 10.7. The lowest BCUT2D eigenvalue weighted by Crippen LogP contribution is -2.00. The largest absolute Gasteiger partial charge is 0.477 e. The quantitative estimate of drug-likeness (QED) is 0.798. The standard InChI is InChI=1S/C11H15NO2/c1-8(2)3-4-9-5-6-10(11(13)14)12-7-9/h5-8H,3-4H2,1-2H3,(H,13,14). The van der Waals surface area contributed by atoms with Crippen molar-refractivity contribution in [3.8, 4) is 0 Å². The van der Waals surface area contributed by atoms with Crippen molar-refractivity contribution in [3.05, 3.63) is 29.6 Å². The topological polar surface area (TPSA) is 50.2 Å². The summed E-state index contributed by atoms with van der Waals surface area (Å²) >= 11 is 0. The minimum Gasteiger partial charge on any atom is -0.477 e. The van der Waals surface area contributed by atoms with E-state index in [1.165, 1.54) is 0 Å². The van der Waals surface area contributed by atoms with Crippen molar-refractivity contribution in [1.82, 2.24) is 4.98 Å². The summed E-state index contributed by atoms with van der Waals surface area (Å²) in [7, 11) is 0. The van der Waals surface area contributed by atoms with E-state index < -0.39 is 5.97 Å². The highest BCUT2D eigenvalue weighted by Crippen LogP contribution is 2.08. The molecule has 1 aromatic rings. The number of aryl methyl sites for hydroxylation is 1. The van der Waals surface area contributed by atoms with Crippen molar-refractivity contribution in [2.24, 2.45) is 5.92 Å². The molecule has 0 aliphatic heterocycles. The van der Waals surface area contributed by atoms with Gasteiger partial charge in [-0.05, 0) is 30.4 Å². The highest BCUT2D eigenvalue weighted by molar-refractivity contribution is 5.85. The number of aromatic nitrogens is 1. The lowest BCUT2D eigenvalue weighted by molar-refractivity contribution is 0.0690. The Bertz CT molecular complexity index is 304. The van der Waals surface area contributed by atoms with Gasteiger partial charge in [0.15, 0.2) is 0 Å². The van der Waals surface area contributed by atoms with Gasteiger partial charge in [0, 0.05) is 6.20 Å². The highest BCUT2D eigenvalue weighted by atomic mass is 16.4.